The van der Waals surface area contributed by atoms with E-state index in [-0.39, 0.29) is 32.0 Å². The van der Waals surface area contributed by atoms with E-state index >= 15 is 0 Å². The molecule has 54 heavy (non-hydrogen) atoms. The fourth-order valence-corrected chi connectivity index (χ4v) is 6.69. The second-order valence-electron chi connectivity index (χ2n) is 16.1. The summed E-state index contributed by atoms with van der Waals surface area (Å²) >= 11 is 0. The van der Waals surface area contributed by atoms with Gasteiger partial charge in [-0.3, -0.25) is 14.2 Å². The van der Waals surface area contributed by atoms with Gasteiger partial charge in [-0.1, -0.05) is 167 Å². The summed E-state index contributed by atoms with van der Waals surface area (Å²) in [7, 11) is 1.16. The second-order valence-corrected chi connectivity index (χ2v) is 17.5. The van der Waals surface area contributed by atoms with Crippen LogP contribution < -0.4 is 4.89 Å². The zero-order valence-corrected chi connectivity index (χ0v) is 36.6. The lowest BCUT2D eigenvalue weighted by Gasteiger charge is -2.28. The van der Waals surface area contributed by atoms with E-state index in [2.05, 4.69) is 38.2 Å². The molecule has 0 aliphatic heterocycles. The van der Waals surface area contributed by atoms with Gasteiger partial charge in [-0.25, -0.2) is 0 Å². The Hall–Kier alpha value is -1.51. The van der Waals surface area contributed by atoms with Gasteiger partial charge >= 0.3 is 11.9 Å². The first-order valence-corrected chi connectivity index (χ1v) is 23.5. The minimum Gasteiger partial charge on any atom is -0.756 e. The van der Waals surface area contributed by atoms with Crippen molar-refractivity contribution in [2.75, 3.05) is 47.5 Å². The molecule has 0 spiro atoms. The van der Waals surface area contributed by atoms with Crippen LogP contribution in [0, 0.1) is 0 Å². The molecule has 1 unspecified atom stereocenters. The number of phosphoric ester groups is 1. The second kappa shape index (κ2) is 37.1. The van der Waals surface area contributed by atoms with Gasteiger partial charge in [-0.15, -0.1) is 0 Å². The summed E-state index contributed by atoms with van der Waals surface area (Å²) in [6.45, 7) is 4.18. The van der Waals surface area contributed by atoms with Crippen molar-refractivity contribution >= 4 is 19.8 Å². The van der Waals surface area contributed by atoms with Crippen molar-refractivity contribution < 1.29 is 42.1 Å². The van der Waals surface area contributed by atoms with Gasteiger partial charge in [0.2, 0.25) is 0 Å². The van der Waals surface area contributed by atoms with E-state index in [1.165, 1.54) is 96.3 Å². The van der Waals surface area contributed by atoms with Crippen molar-refractivity contribution in [2.45, 2.75) is 200 Å². The van der Waals surface area contributed by atoms with Crippen molar-refractivity contribution in [3.63, 3.8) is 0 Å². The van der Waals surface area contributed by atoms with Crippen LogP contribution in [0.15, 0.2) is 24.3 Å². The van der Waals surface area contributed by atoms with Crippen LogP contribution in [0.5, 0.6) is 0 Å². The number of hydrogen-bond donors (Lipinski definition) is 0. The minimum atomic E-state index is -4.62. The summed E-state index contributed by atoms with van der Waals surface area (Å²) in [6, 6.07) is 0. The molecule has 9 nitrogen and oxygen atoms in total. The molecular formula is C44H84NO8P. The number of esters is 2. The zero-order chi connectivity index (χ0) is 40.0. The van der Waals surface area contributed by atoms with Gasteiger partial charge in [-0.2, -0.15) is 0 Å². The Bertz CT molecular complexity index is 980. The summed E-state index contributed by atoms with van der Waals surface area (Å²) in [6.07, 6.45) is 39.1. The van der Waals surface area contributed by atoms with Gasteiger partial charge in [0.05, 0.1) is 27.7 Å². The average Bonchev–Trinajstić information content (AvgIpc) is 3.12. The molecule has 0 heterocycles. The number of likely N-dealkylation sites (N-methyl/N-ethyl adjacent to an activating group) is 1. The Labute approximate surface area is 332 Å². The molecule has 0 fully saturated rings. The van der Waals surface area contributed by atoms with E-state index in [9.17, 15) is 19.0 Å². The number of carbonyl (C=O) groups is 2. The Morgan fingerprint density at radius 3 is 1.52 bits per heavy atom. The van der Waals surface area contributed by atoms with Crippen LogP contribution in [0.25, 0.3) is 0 Å². The van der Waals surface area contributed by atoms with Crippen molar-refractivity contribution in [3.8, 4) is 0 Å². The Balaban J connectivity index is 4.35. The summed E-state index contributed by atoms with van der Waals surface area (Å²) in [4.78, 5) is 37.5. The highest BCUT2D eigenvalue weighted by Crippen LogP contribution is 2.38. The van der Waals surface area contributed by atoms with E-state index < -0.39 is 26.5 Å². The lowest BCUT2D eigenvalue weighted by atomic mass is 10.0. The average molecular weight is 786 g/mol. The number of unbranched alkanes of at least 4 members (excludes halogenated alkanes) is 22. The van der Waals surface area contributed by atoms with Crippen LogP contribution in [0.4, 0.5) is 0 Å². The molecule has 318 valence electrons. The van der Waals surface area contributed by atoms with Crippen LogP contribution in [-0.4, -0.2) is 70.0 Å². The molecule has 0 N–H and O–H groups in total. The van der Waals surface area contributed by atoms with E-state index in [1.54, 1.807) is 0 Å². The third-order valence-electron chi connectivity index (χ3n) is 9.47. The lowest BCUT2D eigenvalue weighted by molar-refractivity contribution is -0.870. The molecule has 0 bridgehead atoms. The topological polar surface area (TPSA) is 111 Å². The molecule has 0 aromatic carbocycles. The van der Waals surface area contributed by atoms with Gasteiger partial charge in [0.15, 0.2) is 6.10 Å². The maximum Gasteiger partial charge on any atom is 0.306 e. The van der Waals surface area contributed by atoms with Crippen molar-refractivity contribution in [3.05, 3.63) is 24.3 Å². The summed E-state index contributed by atoms with van der Waals surface area (Å²) in [5, 5.41) is 0. The van der Waals surface area contributed by atoms with Crippen LogP contribution in [0.1, 0.15) is 194 Å². The van der Waals surface area contributed by atoms with Crippen molar-refractivity contribution in [2.24, 2.45) is 0 Å². The molecule has 0 aromatic rings. The third kappa shape index (κ3) is 40.2. The van der Waals surface area contributed by atoms with Crippen LogP contribution >= 0.6 is 7.82 Å². The maximum absolute atomic E-state index is 12.6. The van der Waals surface area contributed by atoms with Gasteiger partial charge in [-0.05, 0) is 38.5 Å². The number of hydrogen-bond acceptors (Lipinski definition) is 8. The first-order valence-electron chi connectivity index (χ1n) is 22.0. The van der Waals surface area contributed by atoms with E-state index in [0.29, 0.717) is 17.4 Å². The molecule has 0 amide bonds. The molecule has 0 radical (unpaired) electrons. The molecule has 10 heteroatoms. The normalized spacial score (nSPS) is 13.8. The third-order valence-corrected chi connectivity index (χ3v) is 10.4. The van der Waals surface area contributed by atoms with Crippen molar-refractivity contribution in [1.82, 2.24) is 0 Å². The number of allylic oxidation sites excluding steroid dienone is 4. The molecule has 0 rings (SSSR count). The van der Waals surface area contributed by atoms with Gasteiger partial charge in [0.25, 0.3) is 7.82 Å². The summed E-state index contributed by atoms with van der Waals surface area (Å²) < 4.78 is 33.9. The highest BCUT2D eigenvalue weighted by Gasteiger charge is 2.21. The standard InChI is InChI=1S/C44H84NO8P/c1-6-8-10-12-14-16-18-20-22-23-25-26-28-30-32-34-36-43(46)50-40-42(41-52-54(48,49)51-39-38-45(3,4)5)53-44(47)37-35-33-31-29-27-24-21-19-17-15-13-11-9-7-2/h13,15,19,21,42H,6-12,14,16-18,20,22-41H2,1-5H3/b15-13+,21-19+/t42-/m1/s1. The molecule has 0 aliphatic carbocycles. The molecule has 0 aliphatic rings. The monoisotopic (exact) mass is 786 g/mol. The van der Waals surface area contributed by atoms with Crippen molar-refractivity contribution in [1.29, 1.82) is 0 Å². The minimum absolute atomic E-state index is 0.0320. The number of phosphoric acid groups is 1. The van der Waals surface area contributed by atoms with Gasteiger partial charge < -0.3 is 27.9 Å². The number of quaternary nitrogens is 1. The zero-order valence-electron chi connectivity index (χ0n) is 35.7. The predicted molar refractivity (Wildman–Crippen MR) is 222 cm³/mol. The van der Waals surface area contributed by atoms with E-state index in [1.807, 2.05) is 21.1 Å². The maximum atomic E-state index is 12.6. The highest BCUT2D eigenvalue weighted by molar-refractivity contribution is 7.45. The Morgan fingerprint density at radius 1 is 0.574 bits per heavy atom. The smallest absolute Gasteiger partial charge is 0.306 e. The summed E-state index contributed by atoms with van der Waals surface area (Å²) in [5.74, 6) is -0.844. The number of ether oxygens (including phenoxy) is 2. The SMILES string of the molecule is CCCC/C=C/C/C=C/CCCCCCCC(=O)O[C@H](COC(=O)CCCCCCCCCCCCCCCCCC)COP(=O)([O-])OCC[N+](C)(C)C. The quantitative estimate of drug-likeness (QED) is 0.0198. The Kier molecular flexibility index (Phi) is 36.1. The van der Waals surface area contributed by atoms with Gasteiger partial charge in [0.1, 0.15) is 19.8 Å². The van der Waals surface area contributed by atoms with Crippen LogP contribution in [-0.2, 0) is 32.7 Å². The number of carbonyl (C=O) groups excluding carboxylic acids is 2. The molecule has 0 saturated carbocycles. The van der Waals surface area contributed by atoms with Crippen LogP contribution in [0.2, 0.25) is 0 Å². The first-order chi connectivity index (χ1) is 26.0. The summed E-state index contributed by atoms with van der Waals surface area (Å²) in [5.41, 5.74) is 0. The largest absolute Gasteiger partial charge is 0.756 e. The molecule has 2 atom stereocenters. The van der Waals surface area contributed by atoms with Gasteiger partial charge in [0, 0.05) is 12.8 Å². The molecule has 0 saturated heterocycles. The molecule has 0 aromatic heterocycles. The van der Waals surface area contributed by atoms with Crippen LogP contribution in [0.3, 0.4) is 0 Å². The fourth-order valence-electron chi connectivity index (χ4n) is 5.97. The predicted octanol–water partition coefficient (Wildman–Crippen LogP) is 11.7. The first kappa shape index (κ1) is 52.5. The molecular weight excluding hydrogens is 701 g/mol. The number of nitrogens with zero attached hydrogens (tertiary/aromatic N) is 1. The van der Waals surface area contributed by atoms with E-state index in [0.717, 1.165) is 64.2 Å². The number of rotatable bonds is 40. The lowest BCUT2D eigenvalue weighted by Crippen LogP contribution is -2.37. The Morgan fingerprint density at radius 2 is 1.02 bits per heavy atom. The fraction of sp³-hybridized carbons (Fsp3) is 0.864. The van der Waals surface area contributed by atoms with E-state index in [4.69, 9.17) is 18.5 Å². The highest BCUT2D eigenvalue weighted by atomic mass is 31.2.